The molecule has 4 nitrogen and oxygen atoms in total. The lowest BCUT2D eigenvalue weighted by molar-refractivity contribution is -0.140. The Bertz CT molecular complexity index is 1170. The Labute approximate surface area is 224 Å². The van der Waals surface area contributed by atoms with Crippen molar-refractivity contribution in [1.29, 1.82) is 0 Å². The Morgan fingerprint density at radius 1 is 0.889 bits per heavy atom. The summed E-state index contributed by atoms with van der Waals surface area (Å²) in [5.74, 6) is -0.0190. The SMILES string of the molecule is Cc1cc(C)cc(CC(=O)N(Cc2ccc(Cl)cc2Cl)[C@@H](Cc2ccccc2)C(=O)NCC(C)C)c1. The molecule has 3 aromatic carbocycles. The number of amides is 2. The maximum atomic E-state index is 13.9. The minimum atomic E-state index is -0.698. The third-order valence-electron chi connectivity index (χ3n) is 5.95. The fourth-order valence-electron chi connectivity index (χ4n) is 4.26. The second kappa shape index (κ2) is 12.9. The number of hydrogen-bond donors (Lipinski definition) is 1. The molecule has 36 heavy (non-hydrogen) atoms. The van der Waals surface area contributed by atoms with Crippen LogP contribution in [-0.4, -0.2) is 29.3 Å². The highest BCUT2D eigenvalue weighted by Crippen LogP contribution is 2.25. The zero-order chi connectivity index (χ0) is 26.2. The van der Waals surface area contributed by atoms with Gasteiger partial charge in [0.1, 0.15) is 6.04 Å². The Morgan fingerprint density at radius 3 is 2.17 bits per heavy atom. The molecule has 0 aliphatic heterocycles. The van der Waals surface area contributed by atoms with Crippen molar-refractivity contribution >= 4 is 35.0 Å². The number of carbonyl (C=O) groups excluding carboxylic acids is 2. The third kappa shape index (κ3) is 8.11. The number of hydrogen-bond acceptors (Lipinski definition) is 2. The van der Waals surface area contributed by atoms with E-state index in [-0.39, 0.29) is 30.7 Å². The van der Waals surface area contributed by atoms with Gasteiger partial charge in [-0.15, -0.1) is 0 Å². The summed E-state index contributed by atoms with van der Waals surface area (Å²) in [5.41, 5.74) is 4.84. The van der Waals surface area contributed by atoms with Gasteiger partial charge in [0.2, 0.25) is 11.8 Å². The van der Waals surface area contributed by atoms with Crippen LogP contribution in [0.4, 0.5) is 0 Å². The van der Waals surface area contributed by atoms with E-state index in [2.05, 4.69) is 11.4 Å². The fraction of sp³-hybridized carbons (Fsp3) is 0.333. The van der Waals surface area contributed by atoms with Crippen molar-refractivity contribution in [2.75, 3.05) is 6.54 Å². The molecule has 0 spiro atoms. The molecule has 3 aromatic rings. The lowest BCUT2D eigenvalue weighted by Crippen LogP contribution is -2.51. The zero-order valence-corrected chi connectivity index (χ0v) is 22.9. The molecule has 3 rings (SSSR count). The predicted octanol–water partition coefficient (Wildman–Crippen LogP) is 6.57. The average Bonchev–Trinajstić information content (AvgIpc) is 2.81. The lowest BCUT2D eigenvalue weighted by atomic mass is 10.00. The first-order chi connectivity index (χ1) is 17.1. The van der Waals surface area contributed by atoms with E-state index in [1.165, 1.54) is 0 Å². The molecule has 0 unspecified atom stereocenters. The Hall–Kier alpha value is -2.82. The summed E-state index contributed by atoms with van der Waals surface area (Å²) in [6.07, 6.45) is 0.588. The van der Waals surface area contributed by atoms with E-state index in [0.717, 1.165) is 27.8 Å². The van der Waals surface area contributed by atoms with E-state index in [4.69, 9.17) is 23.2 Å². The van der Waals surface area contributed by atoms with E-state index in [1.54, 1.807) is 17.0 Å². The van der Waals surface area contributed by atoms with Gasteiger partial charge in [-0.25, -0.2) is 0 Å². The summed E-state index contributed by atoms with van der Waals surface area (Å²) in [7, 11) is 0. The highest BCUT2D eigenvalue weighted by Gasteiger charge is 2.31. The van der Waals surface area contributed by atoms with Gasteiger partial charge in [-0.1, -0.05) is 103 Å². The fourth-order valence-corrected chi connectivity index (χ4v) is 4.73. The van der Waals surface area contributed by atoms with Crippen LogP contribution in [0.1, 0.15) is 41.7 Å². The second-order valence-electron chi connectivity index (χ2n) is 9.77. The van der Waals surface area contributed by atoms with Gasteiger partial charge in [-0.2, -0.15) is 0 Å². The molecule has 6 heteroatoms. The van der Waals surface area contributed by atoms with Crippen LogP contribution in [0.2, 0.25) is 10.0 Å². The molecular formula is C30H34Cl2N2O2. The van der Waals surface area contributed by atoms with Crippen LogP contribution in [0.5, 0.6) is 0 Å². The van der Waals surface area contributed by atoms with Crippen molar-refractivity contribution in [2.45, 2.75) is 53.1 Å². The summed E-state index contributed by atoms with van der Waals surface area (Å²) >= 11 is 12.6. The van der Waals surface area contributed by atoms with Gasteiger partial charge in [0, 0.05) is 29.6 Å². The highest BCUT2D eigenvalue weighted by molar-refractivity contribution is 6.35. The standard InChI is InChI=1S/C30H34Cl2N2O2/c1-20(2)18-33-30(36)28(15-23-8-6-5-7-9-23)34(19-25-10-11-26(31)17-27(25)32)29(35)16-24-13-21(3)12-22(4)14-24/h5-14,17,20,28H,15-16,18-19H2,1-4H3,(H,33,36)/t28-/m0/s1. The van der Waals surface area contributed by atoms with Crippen molar-refractivity contribution in [1.82, 2.24) is 10.2 Å². The van der Waals surface area contributed by atoms with Crippen molar-refractivity contribution in [3.63, 3.8) is 0 Å². The first kappa shape index (κ1) is 27.8. The molecule has 2 amide bonds. The molecule has 0 aliphatic rings. The van der Waals surface area contributed by atoms with Gasteiger partial charge in [0.15, 0.2) is 0 Å². The molecule has 190 valence electrons. The molecule has 0 saturated carbocycles. The molecule has 0 radical (unpaired) electrons. The monoisotopic (exact) mass is 524 g/mol. The number of benzene rings is 3. The second-order valence-corrected chi connectivity index (χ2v) is 10.6. The topological polar surface area (TPSA) is 49.4 Å². The van der Waals surface area contributed by atoms with Crippen molar-refractivity contribution < 1.29 is 9.59 Å². The number of halogens is 2. The summed E-state index contributed by atoms with van der Waals surface area (Å²) in [4.78, 5) is 29.1. The van der Waals surface area contributed by atoms with Gasteiger partial charge < -0.3 is 10.2 Å². The summed E-state index contributed by atoms with van der Waals surface area (Å²) in [5, 5.41) is 4.03. The van der Waals surface area contributed by atoms with Crippen LogP contribution in [-0.2, 0) is 29.0 Å². The molecule has 1 N–H and O–H groups in total. The van der Waals surface area contributed by atoms with Gasteiger partial charge in [0.25, 0.3) is 0 Å². The maximum absolute atomic E-state index is 13.9. The van der Waals surface area contributed by atoms with Crippen LogP contribution < -0.4 is 5.32 Å². The van der Waals surface area contributed by atoms with Gasteiger partial charge >= 0.3 is 0 Å². The van der Waals surface area contributed by atoms with E-state index in [9.17, 15) is 9.59 Å². The number of aryl methyl sites for hydroxylation is 2. The van der Waals surface area contributed by atoms with Crippen LogP contribution in [0.15, 0.2) is 66.7 Å². The number of nitrogens with one attached hydrogen (secondary N) is 1. The van der Waals surface area contributed by atoms with Gasteiger partial charge in [0.05, 0.1) is 6.42 Å². The van der Waals surface area contributed by atoms with Crippen LogP contribution >= 0.6 is 23.2 Å². The summed E-state index contributed by atoms with van der Waals surface area (Å²) in [6, 6.07) is 20.4. The molecule has 0 aromatic heterocycles. The smallest absolute Gasteiger partial charge is 0.243 e. The largest absolute Gasteiger partial charge is 0.354 e. The predicted molar refractivity (Wildman–Crippen MR) is 148 cm³/mol. The Kier molecular flexibility index (Phi) is 9.98. The summed E-state index contributed by atoms with van der Waals surface area (Å²) < 4.78 is 0. The number of carbonyl (C=O) groups is 2. The molecule has 0 aliphatic carbocycles. The Balaban J connectivity index is 2.00. The number of nitrogens with zero attached hydrogens (tertiary/aromatic N) is 1. The van der Waals surface area contributed by atoms with Crippen molar-refractivity contribution in [3.05, 3.63) is 105 Å². The summed E-state index contributed by atoms with van der Waals surface area (Å²) in [6.45, 7) is 8.86. The first-order valence-electron chi connectivity index (χ1n) is 12.2. The van der Waals surface area contributed by atoms with Gasteiger partial charge in [-0.3, -0.25) is 9.59 Å². The van der Waals surface area contributed by atoms with E-state index in [0.29, 0.717) is 23.0 Å². The first-order valence-corrected chi connectivity index (χ1v) is 13.0. The third-order valence-corrected chi connectivity index (χ3v) is 6.54. The maximum Gasteiger partial charge on any atom is 0.243 e. The van der Waals surface area contributed by atoms with Gasteiger partial charge in [-0.05, 0) is 48.6 Å². The zero-order valence-electron chi connectivity index (χ0n) is 21.4. The minimum Gasteiger partial charge on any atom is -0.354 e. The van der Waals surface area contributed by atoms with Crippen molar-refractivity contribution in [3.8, 4) is 0 Å². The highest BCUT2D eigenvalue weighted by atomic mass is 35.5. The average molecular weight is 526 g/mol. The van der Waals surface area contributed by atoms with E-state index < -0.39 is 6.04 Å². The molecule has 0 saturated heterocycles. The molecule has 0 bridgehead atoms. The molecule has 0 fully saturated rings. The van der Waals surface area contributed by atoms with E-state index in [1.807, 2.05) is 76.2 Å². The quantitative estimate of drug-likeness (QED) is 0.326. The number of rotatable bonds is 10. The van der Waals surface area contributed by atoms with E-state index >= 15 is 0 Å². The Morgan fingerprint density at radius 2 is 1.56 bits per heavy atom. The lowest BCUT2D eigenvalue weighted by Gasteiger charge is -2.32. The molecule has 0 heterocycles. The van der Waals surface area contributed by atoms with Crippen LogP contribution in [0.3, 0.4) is 0 Å². The molecular weight excluding hydrogens is 491 g/mol. The van der Waals surface area contributed by atoms with Crippen LogP contribution in [0.25, 0.3) is 0 Å². The minimum absolute atomic E-state index is 0.133. The molecule has 1 atom stereocenters. The van der Waals surface area contributed by atoms with Crippen LogP contribution in [0, 0.1) is 19.8 Å². The van der Waals surface area contributed by atoms with Crippen molar-refractivity contribution in [2.24, 2.45) is 5.92 Å². The normalized spacial score (nSPS) is 11.9.